The summed E-state index contributed by atoms with van der Waals surface area (Å²) < 4.78 is 5.15. The lowest BCUT2D eigenvalue weighted by Crippen LogP contribution is -2.24. The van der Waals surface area contributed by atoms with Crippen molar-refractivity contribution in [3.05, 3.63) is 51.8 Å². The van der Waals surface area contributed by atoms with Crippen molar-refractivity contribution >= 4 is 28.5 Å². The monoisotopic (exact) mass is 370 g/mol. The summed E-state index contributed by atoms with van der Waals surface area (Å²) in [7, 11) is 1.42. The van der Waals surface area contributed by atoms with Crippen LogP contribution in [0.4, 0.5) is 5.82 Å². The summed E-state index contributed by atoms with van der Waals surface area (Å²) in [6.07, 6.45) is 0. The number of benzene rings is 2. The molecule has 0 aliphatic carbocycles. The normalized spacial score (nSPS) is 10.7. The van der Waals surface area contributed by atoms with Crippen molar-refractivity contribution < 1.29 is 29.6 Å². The summed E-state index contributed by atoms with van der Waals surface area (Å²) >= 11 is 0. The fourth-order valence-electron chi connectivity index (χ4n) is 2.97. The van der Waals surface area contributed by atoms with E-state index in [4.69, 9.17) is 10.5 Å². The maximum absolute atomic E-state index is 12.2. The number of methoxy groups -OCH3 is 1. The number of aromatic nitrogens is 1. The molecule has 138 valence electrons. The number of anilines is 1. The highest BCUT2D eigenvalue weighted by atomic mass is 16.5. The number of aromatic hydroxyl groups is 1. The van der Waals surface area contributed by atoms with Crippen LogP contribution in [0.3, 0.4) is 0 Å². The summed E-state index contributed by atoms with van der Waals surface area (Å²) in [5.41, 5.74) is 2.47. The Hall–Kier alpha value is -4.01. The van der Waals surface area contributed by atoms with Crippen molar-refractivity contribution in [3.8, 4) is 22.6 Å². The fourth-order valence-corrected chi connectivity index (χ4v) is 2.97. The minimum absolute atomic E-state index is 0.140. The Kier molecular flexibility index (Phi) is 4.20. The van der Waals surface area contributed by atoms with Gasteiger partial charge >= 0.3 is 11.9 Å². The van der Waals surface area contributed by atoms with E-state index in [1.807, 2.05) is 4.98 Å². The smallest absolute Gasteiger partial charge is 0.342 e. The van der Waals surface area contributed by atoms with Gasteiger partial charge in [-0.1, -0.05) is 12.1 Å². The lowest BCUT2D eigenvalue weighted by Gasteiger charge is -2.16. The van der Waals surface area contributed by atoms with Gasteiger partial charge in [-0.3, -0.25) is 4.79 Å². The predicted molar refractivity (Wildman–Crippen MR) is 96.6 cm³/mol. The maximum Gasteiger partial charge on any atom is 0.342 e. The van der Waals surface area contributed by atoms with E-state index in [-0.39, 0.29) is 5.56 Å². The van der Waals surface area contributed by atoms with E-state index in [0.717, 1.165) is 0 Å². The van der Waals surface area contributed by atoms with Crippen LogP contribution in [0.25, 0.3) is 21.9 Å². The number of carboxylic acids is 2. The first-order valence-electron chi connectivity index (χ1n) is 7.58. The molecule has 9 heteroatoms. The molecule has 0 aliphatic rings. The summed E-state index contributed by atoms with van der Waals surface area (Å²) in [4.78, 5) is 37.7. The number of fused-ring (bicyclic) bond motifs is 1. The van der Waals surface area contributed by atoms with E-state index in [1.54, 1.807) is 18.2 Å². The molecule has 0 saturated carbocycles. The number of pyridine rings is 1. The number of hydrogen-bond acceptors (Lipinski definition) is 6. The number of carbonyl (C=O) groups is 2. The van der Waals surface area contributed by atoms with Gasteiger partial charge in [-0.2, -0.15) is 0 Å². The third-order valence-corrected chi connectivity index (χ3v) is 4.13. The fraction of sp³-hybridized carbons (Fsp3) is 0.0556. The maximum atomic E-state index is 12.2. The molecule has 0 fully saturated rings. The van der Waals surface area contributed by atoms with Crippen LogP contribution in [0, 0.1) is 0 Å². The van der Waals surface area contributed by atoms with E-state index in [0.29, 0.717) is 16.5 Å². The number of phenolic OH excluding ortho intramolecular Hbond substituents is 1. The van der Waals surface area contributed by atoms with Crippen molar-refractivity contribution in [2.24, 2.45) is 0 Å². The Morgan fingerprint density at radius 2 is 1.67 bits per heavy atom. The highest BCUT2D eigenvalue weighted by Crippen LogP contribution is 2.41. The molecule has 3 aromatic rings. The summed E-state index contributed by atoms with van der Waals surface area (Å²) in [5.74, 6) is -3.76. The Bertz CT molecular complexity index is 1160. The molecule has 1 aromatic heterocycles. The highest BCUT2D eigenvalue weighted by Gasteiger charge is 2.29. The van der Waals surface area contributed by atoms with E-state index in [2.05, 4.69) is 0 Å². The molecule has 1 heterocycles. The number of aromatic carboxylic acids is 2. The molecule has 27 heavy (non-hydrogen) atoms. The molecule has 9 nitrogen and oxygen atoms in total. The van der Waals surface area contributed by atoms with E-state index < -0.39 is 45.8 Å². The largest absolute Gasteiger partial charge is 0.507 e. The van der Waals surface area contributed by atoms with Crippen molar-refractivity contribution in [2.75, 3.05) is 12.8 Å². The van der Waals surface area contributed by atoms with Crippen LogP contribution in [-0.4, -0.2) is 39.4 Å². The molecule has 0 radical (unpaired) electrons. The van der Waals surface area contributed by atoms with Crippen LogP contribution in [0.15, 0.2) is 35.1 Å². The molecular formula is C18H14N2O7. The summed E-state index contributed by atoms with van der Waals surface area (Å²) in [6, 6.07) is 7.63. The van der Waals surface area contributed by atoms with E-state index >= 15 is 0 Å². The predicted octanol–water partition coefficient (Wildman–Crippen LogP) is 1.89. The zero-order chi connectivity index (χ0) is 19.9. The lowest BCUT2D eigenvalue weighted by molar-refractivity contribution is 0.0695. The number of nitrogens with two attached hydrogens (primary N) is 1. The first-order valence-corrected chi connectivity index (χ1v) is 7.58. The summed E-state index contributed by atoms with van der Waals surface area (Å²) in [5, 5.41) is 30.4. The molecule has 2 aromatic carbocycles. The van der Waals surface area contributed by atoms with Crippen LogP contribution < -0.4 is 16.0 Å². The number of nitrogen functional groups attached to an aromatic ring is 1. The second-order valence-electron chi connectivity index (χ2n) is 5.65. The molecule has 0 atom stereocenters. The molecule has 6 N–H and O–H groups in total. The first kappa shape index (κ1) is 17.8. The number of rotatable bonds is 4. The number of aromatic amines is 1. The lowest BCUT2D eigenvalue weighted by atomic mass is 9.90. The minimum atomic E-state index is -1.66. The Morgan fingerprint density at radius 1 is 1.04 bits per heavy atom. The zero-order valence-corrected chi connectivity index (χ0v) is 13.9. The minimum Gasteiger partial charge on any atom is -0.507 e. The molecule has 0 aliphatic heterocycles. The first-order chi connectivity index (χ1) is 12.8. The Morgan fingerprint density at radius 3 is 2.26 bits per heavy atom. The number of ether oxygens (including phenoxy) is 1. The van der Waals surface area contributed by atoms with Gasteiger partial charge in [0, 0.05) is 11.1 Å². The van der Waals surface area contributed by atoms with Crippen molar-refractivity contribution in [1.29, 1.82) is 0 Å². The molecule has 0 saturated heterocycles. The molecule has 0 unspecified atom stereocenters. The number of phenols is 1. The Labute approximate surface area is 151 Å². The van der Waals surface area contributed by atoms with Gasteiger partial charge in [0.05, 0.1) is 7.11 Å². The molecule has 0 bridgehead atoms. The standard InChI is InChI=1S/C18H14N2O7/c1-27-8-4-2-7-3-5-10(21)11(9(7)6-8)12-13(17(23)24)15(19)20-16(22)14(12)18(25)26/h2-6,21H,1H3,(H,23,24)(H,25,26)(H3,19,20,22). The van der Waals surface area contributed by atoms with Crippen LogP contribution in [0.1, 0.15) is 20.7 Å². The second-order valence-corrected chi connectivity index (χ2v) is 5.65. The number of nitrogens with one attached hydrogen (secondary N) is 1. The molecule has 0 amide bonds. The SMILES string of the molecule is COc1ccc2ccc(O)c(-c3c(C(=O)O)c(N)[nH]c(=O)c3C(=O)O)c2c1. The van der Waals surface area contributed by atoms with Gasteiger partial charge in [-0.25, -0.2) is 9.59 Å². The zero-order valence-electron chi connectivity index (χ0n) is 13.9. The van der Waals surface area contributed by atoms with Crippen LogP contribution in [-0.2, 0) is 0 Å². The van der Waals surface area contributed by atoms with Crippen molar-refractivity contribution in [3.63, 3.8) is 0 Å². The van der Waals surface area contributed by atoms with Gasteiger partial charge in [-0.15, -0.1) is 0 Å². The average Bonchev–Trinajstić information content (AvgIpc) is 2.59. The van der Waals surface area contributed by atoms with E-state index in [9.17, 15) is 29.7 Å². The van der Waals surface area contributed by atoms with Crippen molar-refractivity contribution in [2.45, 2.75) is 0 Å². The van der Waals surface area contributed by atoms with Crippen molar-refractivity contribution in [1.82, 2.24) is 4.98 Å². The van der Waals surface area contributed by atoms with Gasteiger partial charge in [0.1, 0.15) is 28.4 Å². The van der Waals surface area contributed by atoms with Crippen LogP contribution in [0.5, 0.6) is 11.5 Å². The third-order valence-electron chi connectivity index (χ3n) is 4.13. The number of H-pyrrole nitrogens is 1. The highest BCUT2D eigenvalue weighted by molar-refractivity contribution is 6.13. The van der Waals surface area contributed by atoms with Crippen LogP contribution in [0.2, 0.25) is 0 Å². The van der Waals surface area contributed by atoms with Gasteiger partial charge in [-0.05, 0) is 29.0 Å². The second kappa shape index (κ2) is 6.37. The number of carboxylic acid groups (broad SMARTS) is 2. The van der Waals surface area contributed by atoms with Gasteiger partial charge in [0.2, 0.25) is 0 Å². The quantitative estimate of drug-likeness (QED) is 0.465. The topological polar surface area (TPSA) is 163 Å². The number of hydrogen-bond donors (Lipinski definition) is 5. The summed E-state index contributed by atoms with van der Waals surface area (Å²) in [6.45, 7) is 0. The van der Waals surface area contributed by atoms with Gasteiger partial charge in [0.15, 0.2) is 0 Å². The Balaban J connectivity index is 2.62. The molecule has 0 spiro atoms. The third kappa shape index (κ3) is 2.80. The van der Waals surface area contributed by atoms with E-state index in [1.165, 1.54) is 19.2 Å². The molecule has 3 rings (SSSR count). The molecular weight excluding hydrogens is 356 g/mol. The van der Waals surface area contributed by atoms with Gasteiger partial charge in [0.25, 0.3) is 5.56 Å². The average molecular weight is 370 g/mol. The van der Waals surface area contributed by atoms with Gasteiger partial charge < -0.3 is 30.8 Å². The van der Waals surface area contributed by atoms with Crippen LogP contribution >= 0.6 is 0 Å².